The van der Waals surface area contributed by atoms with Gasteiger partial charge in [-0.15, -0.1) is 0 Å². The summed E-state index contributed by atoms with van der Waals surface area (Å²) in [6.45, 7) is 4.04. The number of anilines is 1. The molecule has 0 saturated carbocycles. The van der Waals surface area contributed by atoms with Gasteiger partial charge in [-0.3, -0.25) is 19.2 Å². The van der Waals surface area contributed by atoms with Crippen LogP contribution in [0.15, 0.2) is 51.7 Å². The first-order chi connectivity index (χ1) is 16.1. The van der Waals surface area contributed by atoms with Gasteiger partial charge >= 0.3 is 5.76 Å². The third kappa shape index (κ3) is 4.50. The molecule has 5 rings (SSSR count). The molecular weight excluding hydrogens is 444 g/mol. The van der Waals surface area contributed by atoms with Gasteiger partial charge in [0.1, 0.15) is 12.3 Å². The van der Waals surface area contributed by atoms with Crippen molar-refractivity contribution in [2.24, 2.45) is 0 Å². The molecule has 1 fully saturated rings. The molecule has 3 heterocycles. The van der Waals surface area contributed by atoms with Crippen molar-refractivity contribution in [1.82, 2.24) is 14.5 Å². The molecule has 1 saturated heterocycles. The number of amides is 1. The minimum Gasteiger partial charge on any atom is -0.497 e. The summed E-state index contributed by atoms with van der Waals surface area (Å²) in [5, 5.41) is 0.595. The Kier molecular flexibility index (Phi) is 6.12. The van der Waals surface area contributed by atoms with E-state index in [1.807, 2.05) is 24.3 Å². The number of oxazole rings is 1. The van der Waals surface area contributed by atoms with Crippen LogP contribution in [0.2, 0.25) is 0 Å². The minimum atomic E-state index is -0.549. The van der Waals surface area contributed by atoms with E-state index in [1.165, 1.54) is 15.9 Å². The monoisotopic (exact) mass is 468 g/mol. The molecule has 1 aliphatic heterocycles. The summed E-state index contributed by atoms with van der Waals surface area (Å²) < 4.78 is 18.4. The molecule has 33 heavy (non-hydrogen) atoms. The number of benzene rings is 2. The van der Waals surface area contributed by atoms with Crippen molar-refractivity contribution in [3.8, 4) is 5.75 Å². The largest absolute Gasteiger partial charge is 0.497 e. The molecule has 0 N–H and O–H groups in total. The Bertz CT molecular complexity index is 1340. The van der Waals surface area contributed by atoms with Crippen LogP contribution in [0.1, 0.15) is 0 Å². The second kappa shape index (κ2) is 9.34. The van der Waals surface area contributed by atoms with Crippen molar-refractivity contribution < 1.29 is 18.7 Å². The molecule has 1 aliphatic rings. The number of hydrogen-bond acceptors (Lipinski definition) is 8. The molecule has 0 unspecified atom stereocenters. The van der Waals surface area contributed by atoms with E-state index >= 15 is 0 Å². The number of ether oxygens (including phenoxy) is 2. The van der Waals surface area contributed by atoms with Crippen LogP contribution in [0.3, 0.4) is 0 Å². The second-order valence-electron chi connectivity index (χ2n) is 7.75. The van der Waals surface area contributed by atoms with Crippen LogP contribution in [0.25, 0.3) is 21.3 Å². The molecule has 0 spiro atoms. The van der Waals surface area contributed by atoms with E-state index in [2.05, 4.69) is 4.90 Å². The summed E-state index contributed by atoms with van der Waals surface area (Å²) in [6.07, 6.45) is 0. The maximum atomic E-state index is 13.5. The van der Waals surface area contributed by atoms with Crippen LogP contribution in [-0.4, -0.2) is 66.9 Å². The highest BCUT2D eigenvalue weighted by Gasteiger charge is 2.24. The lowest BCUT2D eigenvalue weighted by Crippen LogP contribution is -2.44. The number of nitrogens with zero attached hydrogens (tertiary/aromatic N) is 4. The van der Waals surface area contributed by atoms with Crippen LogP contribution < -0.4 is 15.4 Å². The number of rotatable bonds is 7. The third-order valence-corrected chi connectivity index (χ3v) is 6.79. The zero-order chi connectivity index (χ0) is 22.8. The Labute approximate surface area is 193 Å². The first-order valence-corrected chi connectivity index (χ1v) is 11.6. The third-order valence-electron chi connectivity index (χ3n) is 5.73. The van der Waals surface area contributed by atoms with Gasteiger partial charge in [-0.1, -0.05) is 23.5 Å². The fourth-order valence-electron chi connectivity index (χ4n) is 3.92. The normalized spacial score (nSPS) is 14.7. The van der Waals surface area contributed by atoms with Crippen molar-refractivity contribution in [3.63, 3.8) is 0 Å². The fourth-order valence-corrected chi connectivity index (χ4v) is 4.90. The standard InChI is InChI=1S/C23H24N4O5S/c1-30-16-6-7-20-17(14-16)24-22(33-20)26(9-8-25-10-12-31-13-11-25)21(28)15-27-18-4-2-3-5-19(18)32-23(27)29/h2-7,14H,8-13,15H2,1H3. The van der Waals surface area contributed by atoms with Crippen molar-refractivity contribution in [2.45, 2.75) is 6.54 Å². The van der Waals surface area contributed by atoms with Gasteiger partial charge < -0.3 is 13.9 Å². The minimum absolute atomic E-state index is 0.127. The van der Waals surface area contributed by atoms with Crippen LogP contribution in [0.4, 0.5) is 5.13 Å². The summed E-state index contributed by atoms with van der Waals surface area (Å²) >= 11 is 1.44. The quantitative estimate of drug-likeness (QED) is 0.412. The predicted octanol–water partition coefficient (Wildman–Crippen LogP) is 2.58. The van der Waals surface area contributed by atoms with Gasteiger partial charge in [-0.05, 0) is 24.3 Å². The number of aromatic nitrogens is 2. The molecule has 0 bridgehead atoms. The molecule has 2 aromatic carbocycles. The lowest BCUT2D eigenvalue weighted by molar-refractivity contribution is -0.119. The number of hydrogen-bond donors (Lipinski definition) is 0. The van der Waals surface area contributed by atoms with E-state index in [1.54, 1.807) is 30.2 Å². The highest BCUT2D eigenvalue weighted by molar-refractivity contribution is 7.22. The van der Waals surface area contributed by atoms with E-state index in [0.29, 0.717) is 48.3 Å². The Morgan fingerprint density at radius 2 is 2.03 bits per heavy atom. The highest BCUT2D eigenvalue weighted by atomic mass is 32.1. The average Bonchev–Trinajstić information content (AvgIpc) is 3.40. The summed E-state index contributed by atoms with van der Waals surface area (Å²) in [6, 6.07) is 12.8. The van der Waals surface area contributed by atoms with Gasteiger partial charge in [0.15, 0.2) is 10.7 Å². The van der Waals surface area contributed by atoms with Crippen molar-refractivity contribution in [2.75, 3.05) is 51.4 Å². The Hall–Kier alpha value is -3.21. The van der Waals surface area contributed by atoms with Crippen molar-refractivity contribution in [3.05, 3.63) is 53.0 Å². The molecule has 0 radical (unpaired) electrons. The Morgan fingerprint density at radius 3 is 2.85 bits per heavy atom. The van der Waals surface area contributed by atoms with E-state index in [4.69, 9.17) is 18.9 Å². The molecule has 1 amide bonds. The smallest absolute Gasteiger partial charge is 0.420 e. The number of carbonyl (C=O) groups is 1. The van der Waals surface area contributed by atoms with Gasteiger partial charge in [0, 0.05) is 32.2 Å². The van der Waals surface area contributed by atoms with E-state index < -0.39 is 5.76 Å². The topological polar surface area (TPSA) is 90.0 Å². The highest BCUT2D eigenvalue weighted by Crippen LogP contribution is 2.31. The first-order valence-electron chi connectivity index (χ1n) is 10.8. The summed E-state index contributed by atoms with van der Waals surface area (Å²) in [5.74, 6) is -0.0587. The first kappa shape index (κ1) is 21.6. The van der Waals surface area contributed by atoms with Crippen molar-refractivity contribution >= 4 is 43.7 Å². The zero-order valence-corrected chi connectivity index (χ0v) is 19.0. The second-order valence-corrected chi connectivity index (χ2v) is 8.76. The molecule has 9 nitrogen and oxygen atoms in total. The zero-order valence-electron chi connectivity index (χ0n) is 18.2. The number of carbonyl (C=O) groups excluding carboxylic acids is 1. The van der Waals surface area contributed by atoms with Crippen LogP contribution in [-0.2, 0) is 16.1 Å². The molecule has 2 aromatic heterocycles. The van der Waals surface area contributed by atoms with Gasteiger partial charge in [0.2, 0.25) is 5.91 Å². The number of para-hydroxylation sites is 2. The maximum absolute atomic E-state index is 13.5. The molecule has 0 atom stereocenters. The maximum Gasteiger partial charge on any atom is 0.420 e. The van der Waals surface area contributed by atoms with Gasteiger partial charge in [0.25, 0.3) is 0 Å². The number of thiazole rings is 1. The van der Waals surface area contributed by atoms with E-state index in [9.17, 15) is 9.59 Å². The van der Waals surface area contributed by atoms with Gasteiger partial charge in [-0.2, -0.15) is 0 Å². The fraction of sp³-hybridized carbons (Fsp3) is 0.348. The number of fused-ring (bicyclic) bond motifs is 2. The number of methoxy groups -OCH3 is 1. The van der Waals surface area contributed by atoms with E-state index in [0.717, 1.165) is 23.3 Å². The van der Waals surface area contributed by atoms with E-state index in [-0.39, 0.29) is 12.5 Å². The summed E-state index contributed by atoms with van der Waals surface area (Å²) in [4.78, 5) is 34.6. The SMILES string of the molecule is COc1ccc2sc(N(CCN3CCOCC3)C(=O)Cn3c(=O)oc4ccccc43)nc2c1. The molecule has 0 aliphatic carbocycles. The molecule has 4 aromatic rings. The van der Waals surface area contributed by atoms with Crippen LogP contribution in [0.5, 0.6) is 5.75 Å². The predicted molar refractivity (Wildman–Crippen MR) is 126 cm³/mol. The lowest BCUT2D eigenvalue weighted by atomic mass is 10.3. The average molecular weight is 469 g/mol. The van der Waals surface area contributed by atoms with Crippen LogP contribution >= 0.6 is 11.3 Å². The lowest BCUT2D eigenvalue weighted by Gasteiger charge is -2.29. The number of morpholine rings is 1. The van der Waals surface area contributed by atoms with Crippen LogP contribution in [0, 0.1) is 0 Å². The molecule has 10 heteroatoms. The summed E-state index contributed by atoms with van der Waals surface area (Å²) in [5.41, 5.74) is 1.82. The Morgan fingerprint density at radius 1 is 1.21 bits per heavy atom. The summed E-state index contributed by atoms with van der Waals surface area (Å²) in [7, 11) is 1.61. The van der Waals surface area contributed by atoms with Crippen molar-refractivity contribution in [1.29, 1.82) is 0 Å². The molecular formula is C23H24N4O5S. The molecule has 172 valence electrons. The van der Waals surface area contributed by atoms with Gasteiger partial charge in [0.05, 0.1) is 36.1 Å². The Balaban J connectivity index is 1.45. The van der Waals surface area contributed by atoms with Gasteiger partial charge in [-0.25, -0.2) is 9.78 Å².